The van der Waals surface area contributed by atoms with E-state index in [9.17, 15) is 18.0 Å². The maximum Gasteiger partial charge on any atom is 0.416 e. The van der Waals surface area contributed by atoms with Crippen molar-refractivity contribution in [2.45, 2.75) is 25.4 Å². The fourth-order valence-corrected chi connectivity index (χ4v) is 2.32. The van der Waals surface area contributed by atoms with Crippen molar-refractivity contribution in [1.29, 1.82) is 0 Å². The Bertz CT molecular complexity index is 479. The average molecular weight is 272 g/mol. The normalized spacial score (nSPS) is 16.5. The standard InChI is InChI=1S/C13H15F3N2O/c14-13(15,16)9-4-5-11(10(8-9)12(17)19)18-6-2-1-3-7-18/h4-5,8H,1-3,6-7H2,(H2,17,19). The van der Waals surface area contributed by atoms with Gasteiger partial charge in [0.25, 0.3) is 5.91 Å². The zero-order chi connectivity index (χ0) is 14.0. The van der Waals surface area contributed by atoms with Gasteiger partial charge in [-0.25, -0.2) is 0 Å². The summed E-state index contributed by atoms with van der Waals surface area (Å²) >= 11 is 0. The Balaban J connectivity index is 2.40. The van der Waals surface area contributed by atoms with Crippen LogP contribution in [-0.4, -0.2) is 19.0 Å². The Morgan fingerprint density at radius 3 is 2.32 bits per heavy atom. The molecule has 1 heterocycles. The minimum atomic E-state index is -4.47. The molecule has 1 amide bonds. The number of anilines is 1. The first kappa shape index (κ1) is 13.7. The van der Waals surface area contributed by atoms with Crippen molar-refractivity contribution in [1.82, 2.24) is 0 Å². The molecule has 1 aliphatic heterocycles. The predicted octanol–water partition coefficient (Wildman–Crippen LogP) is 2.79. The van der Waals surface area contributed by atoms with Gasteiger partial charge in [0.1, 0.15) is 0 Å². The van der Waals surface area contributed by atoms with Crippen LogP contribution in [0.15, 0.2) is 18.2 Å². The lowest BCUT2D eigenvalue weighted by atomic mass is 10.0. The predicted molar refractivity (Wildman–Crippen MR) is 66.0 cm³/mol. The lowest BCUT2D eigenvalue weighted by Crippen LogP contribution is -2.31. The van der Waals surface area contributed by atoms with E-state index in [1.165, 1.54) is 6.07 Å². The van der Waals surface area contributed by atoms with Crippen LogP contribution < -0.4 is 10.6 Å². The third kappa shape index (κ3) is 3.00. The highest BCUT2D eigenvalue weighted by atomic mass is 19.4. The van der Waals surface area contributed by atoms with Crippen LogP contribution in [0.4, 0.5) is 18.9 Å². The molecule has 1 fully saturated rings. The highest BCUT2D eigenvalue weighted by molar-refractivity contribution is 5.99. The first-order chi connectivity index (χ1) is 8.89. The molecular formula is C13H15F3N2O. The lowest BCUT2D eigenvalue weighted by molar-refractivity contribution is -0.137. The molecule has 1 aromatic carbocycles. The fraction of sp³-hybridized carbons (Fsp3) is 0.462. The molecule has 0 spiro atoms. The van der Waals surface area contributed by atoms with E-state index in [-0.39, 0.29) is 5.56 Å². The molecule has 2 N–H and O–H groups in total. The van der Waals surface area contributed by atoms with Gasteiger partial charge in [-0.1, -0.05) is 0 Å². The van der Waals surface area contributed by atoms with E-state index in [1.807, 2.05) is 4.90 Å². The molecule has 0 aromatic heterocycles. The second-order valence-electron chi connectivity index (χ2n) is 4.64. The van der Waals surface area contributed by atoms with Crippen molar-refractivity contribution in [3.05, 3.63) is 29.3 Å². The summed E-state index contributed by atoms with van der Waals surface area (Å²) < 4.78 is 37.9. The Morgan fingerprint density at radius 1 is 1.16 bits per heavy atom. The lowest BCUT2D eigenvalue weighted by Gasteiger charge is -2.30. The number of piperidine rings is 1. The van der Waals surface area contributed by atoms with Gasteiger partial charge in [-0.3, -0.25) is 4.79 Å². The number of rotatable bonds is 2. The minimum absolute atomic E-state index is 0.0586. The highest BCUT2D eigenvalue weighted by Gasteiger charge is 2.32. The molecule has 3 nitrogen and oxygen atoms in total. The molecule has 0 unspecified atom stereocenters. The summed E-state index contributed by atoms with van der Waals surface area (Å²) in [6, 6.07) is 3.18. The van der Waals surface area contributed by atoms with Crippen molar-refractivity contribution >= 4 is 11.6 Å². The number of carbonyl (C=O) groups is 1. The minimum Gasteiger partial charge on any atom is -0.371 e. The molecule has 0 saturated carbocycles. The third-order valence-electron chi connectivity index (χ3n) is 3.29. The van der Waals surface area contributed by atoms with Gasteiger partial charge in [0, 0.05) is 18.8 Å². The van der Waals surface area contributed by atoms with Gasteiger partial charge in [-0.2, -0.15) is 13.2 Å². The van der Waals surface area contributed by atoms with Crippen molar-refractivity contribution in [2.24, 2.45) is 5.73 Å². The van der Waals surface area contributed by atoms with Gasteiger partial charge < -0.3 is 10.6 Å². The topological polar surface area (TPSA) is 46.3 Å². The first-order valence-electron chi connectivity index (χ1n) is 6.15. The van der Waals surface area contributed by atoms with E-state index in [2.05, 4.69) is 0 Å². The number of hydrogen-bond donors (Lipinski definition) is 1. The molecule has 1 saturated heterocycles. The van der Waals surface area contributed by atoms with Crippen LogP contribution in [0.1, 0.15) is 35.2 Å². The molecule has 104 valence electrons. The van der Waals surface area contributed by atoms with E-state index >= 15 is 0 Å². The van der Waals surface area contributed by atoms with Gasteiger partial charge in [-0.05, 0) is 37.5 Å². The molecule has 0 bridgehead atoms. The number of alkyl halides is 3. The molecule has 0 radical (unpaired) electrons. The fourth-order valence-electron chi connectivity index (χ4n) is 2.32. The SMILES string of the molecule is NC(=O)c1cc(C(F)(F)F)ccc1N1CCCCC1. The molecule has 1 aromatic rings. The highest BCUT2D eigenvalue weighted by Crippen LogP contribution is 2.33. The van der Waals surface area contributed by atoms with E-state index in [1.54, 1.807) is 0 Å². The van der Waals surface area contributed by atoms with Crippen molar-refractivity contribution in [3.63, 3.8) is 0 Å². The number of nitrogens with two attached hydrogens (primary N) is 1. The second-order valence-corrected chi connectivity index (χ2v) is 4.64. The third-order valence-corrected chi connectivity index (χ3v) is 3.29. The zero-order valence-electron chi connectivity index (χ0n) is 10.3. The largest absolute Gasteiger partial charge is 0.416 e. The van der Waals surface area contributed by atoms with Crippen LogP contribution in [0.25, 0.3) is 0 Å². The monoisotopic (exact) mass is 272 g/mol. The number of nitrogens with zero attached hydrogens (tertiary/aromatic N) is 1. The second kappa shape index (κ2) is 5.11. The molecule has 19 heavy (non-hydrogen) atoms. The number of halogens is 3. The molecular weight excluding hydrogens is 257 g/mol. The number of primary amides is 1. The van der Waals surface area contributed by atoms with Crippen molar-refractivity contribution < 1.29 is 18.0 Å². The molecule has 0 atom stereocenters. The summed E-state index contributed by atoms with van der Waals surface area (Å²) in [5.74, 6) is -0.827. The molecule has 0 aliphatic carbocycles. The van der Waals surface area contributed by atoms with Crippen molar-refractivity contribution in [2.75, 3.05) is 18.0 Å². The summed E-state index contributed by atoms with van der Waals surface area (Å²) in [6.07, 6.45) is -1.42. The van der Waals surface area contributed by atoms with Crippen LogP contribution >= 0.6 is 0 Å². The number of amides is 1. The summed E-state index contributed by atoms with van der Waals surface area (Å²) in [7, 11) is 0. The Morgan fingerprint density at radius 2 is 1.79 bits per heavy atom. The summed E-state index contributed by atoms with van der Waals surface area (Å²) in [5.41, 5.74) is 4.80. The quantitative estimate of drug-likeness (QED) is 0.899. The summed E-state index contributed by atoms with van der Waals surface area (Å²) in [6.45, 7) is 1.48. The maximum absolute atomic E-state index is 12.6. The van der Waals surface area contributed by atoms with Gasteiger partial charge in [-0.15, -0.1) is 0 Å². The average Bonchev–Trinajstić information content (AvgIpc) is 2.38. The van der Waals surface area contributed by atoms with E-state index in [0.29, 0.717) is 5.69 Å². The Kier molecular flexibility index (Phi) is 3.68. The Hall–Kier alpha value is -1.72. The van der Waals surface area contributed by atoms with Gasteiger partial charge in [0.05, 0.1) is 11.1 Å². The molecule has 6 heteroatoms. The number of benzene rings is 1. The summed E-state index contributed by atoms with van der Waals surface area (Å²) in [4.78, 5) is 13.3. The van der Waals surface area contributed by atoms with Gasteiger partial charge in [0.2, 0.25) is 0 Å². The summed E-state index contributed by atoms with van der Waals surface area (Å²) in [5, 5.41) is 0. The van der Waals surface area contributed by atoms with Crippen molar-refractivity contribution in [3.8, 4) is 0 Å². The van der Waals surface area contributed by atoms with Gasteiger partial charge in [0.15, 0.2) is 0 Å². The smallest absolute Gasteiger partial charge is 0.371 e. The maximum atomic E-state index is 12.6. The van der Waals surface area contributed by atoms with Crippen LogP contribution in [0.2, 0.25) is 0 Å². The van der Waals surface area contributed by atoms with E-state index < -0.39 is 17.6 Å². The van der Waals surface area contributed by atoms with Crippen LogP contribution in [0, 0.1) is 0 Å². The Labute approximate surface area is 109 Å². The van der Waals surface area contributed by atoms with Crippen LogP contribution in [-0.2, 0) is 6.18 Å². The number of carbonyl (C=O) groups excluding carboxylic acids is 1. The molecule has 2 rings (SSSR count). The van der Waals surface area contributed by atoms with E-state index in [4.69, 9.17) is 5.73 Å². The first-order valence-corrected chi connectivity index (χ1v) is 6.15. The zero-order valence-corrected chi connectivity index (χ0v) is 10.3. The van der Waals surface area contributed by atoms with Gasteiger partial charge >= 0.3 is 6.18 Å². The molecule has 1 aliphatic rings. The van der Waals surface area contributed by atoms with Crippen LogP contribution in [0.5, 0.6) is 0 Å². The van der Waals surface area contributed by atoms with E-state index in [0.717, 1.165) is 44.5 Å². The van der Waals surface area contributed by atoms with Crippen LogP contribution in [0.3, 0.4) is 0 Å². The number of hydrogen-bond acceptors (Lipinski definition) is 2.